The van der Waals surface area contributed by atoms with Crippen LogP contribution in [0.1, 0.15) is 44.7 Å². The molecule has 2 N–H and O–H groups in total. The van der Waals surface area contributed by atoms with Crippen LogP contribution in [0.4, 0.5) is 0 Å². The Morgan fingerprint density at radius 1 is 1.40 bits per heavy atom. The largest absolute Gasteiger partial charge is 0.378 e. The fraction of sp³-hybridized carbons (Fsp3) is 0.800. The quantitative estimate of drug-likeness (QED) is 0.827. The molecule has 20 heavy (non-hydrogen) atoms. The number of rotatable bonds is 7. The van der Waals surface area contributed by atoms with Crippen LogP contribution in [0.15, 0.2) is 12.4 Å². The standard InChI is InChI=1S/C15H28N4O/c1-3-7-19-12-13(11-17-19)15(10-16)18-8-5-14(6-9-18)20-4-2/h11-12,14-15H,3-10,16H2,1-2H3. The van der Waals surface area contributed by atoms with E-state index in [1.165, 1.54) is 5.56 Å². The first kappa shape index (κ1) is 15.5. The van der Waals surface area contributed by atoms with Gasteiger partial charge >= 0.3 is 0 Å². The normalized spacial score (nSPS) is 19.4. The Morgan fingerprint density at radius 2 is 2.15 bits per heavy atom. The number of aryl methyl sites for hydroxylation is 1. The molecule has 0 amide bonds. The summed E-state index contributed by atoms with van der Waals surface area (Å²) in [6.07, 6.45) is 7.87. The van der Waals surface area contributed by atoms with E-state index in [1.54, 1.807) is 0 Å². The third-order valence-corrected chi connectivity index (χ3v) is 4.03. The first-order valence-electron chi connectivity index (χ1n) is 7.86. The van der Waals surface area contributed by atoms with Gasteiger partial charge in [0.05, 0.1) is 18.3 Å². The topological polar surface area (TPSA) is 56.3 Å². The second-order valence-corrected chi connectivity index (χ2v) is 5.48. The second-order valence-electron chi connectivity index (χ2n) is 5.48. The van der Waals surface area contributed by atoms with Crippen molar-refractivity contribution in [1.29, 1.82) is 0 Å². The van der Waals surface area contributed by atoms with Crippen LogP contribution in [0.2, 0.25) is 0 Å². The molecule has 1 atom stereocenters. The van der Waals surface area contributed by atoms with E-state index < -0.39 is 0 Å². The summed E-state index contributed by atoms with van der Waals surface area (Å²) in [4.78, 5) is 2.48. The van der Waals surface area contributed by atoms with E-state index in [4.69, 9.17) is 10.5 Å². The SMILES string of the molecule is CCCn1cc(C(CN)N2CCC(OCC)CC2)cn1. The lowest BCUT2D eigenvalue weighted by molar-refractivity contribution is 0.00451. The summed E-state index contributed by atoms with van der Waals surface area (Å²) < 4.78 is 7.73. The van der Waals surface area contributed by atoms with Gasteiger partial charge in [-0.1, -0.05) is 6.92 Å². The highest BCUT2D eigenvalue weighted by Gasteiger charge is 2.26. The van der Waals surface area contributed by atoms with Crippen molar-refractivity contribution in [2.24, 2.45) is 5.73 Å². The molecule has 0 radical (unpaired) electrons. The van der Waals surface area contributed by atoms with E-state index in [0.717, 1.165) is 45.5 Å². The van der Waals surface area contributed by atoms with Gasteiger partial charge < -0.3 is 10.5 Å². The van der Waals surface area contributed by atoms with Crippen LogP contribution in [0.25, 0.3) is 0 Å². The second kappa shape index (κ2) is 7.76. The summed E-state index contributed by atoms with van der Waals surface area (Å²) in [5.41, 5.74) is 7.25. The van der Waals surface area contributed by atoms with Crippen molar-refractivity contribution in [2.45, 2.75) is 51.8 Å². The van der Waals surface area contributed by atoms with Crippen LogP contribution in [0.5, 0.6) is 0 Å². The third kappa shape index (κ3) is 3.81. The average Bonchev–Trinajstić information content (AvgIpc) is 2.91. The minimum Gasteiger partial charge on any atom is -0.378 e. The van der Waals surface area contributed by atoms with Crippen molar-refractivity contribution < 1.29 is 4.74 Å². The molecule has 1 aliphatic heterocycles. The van der Waals surface area contributed by atoms with Crippen LogP contribution in [-0.2, 0) is 11.3 Å². The van der Waals surface area contributed by atoms with Crippen molar-refractivity contribution >= 4 is 0 Å². The number of nitrogens with two attached hydrogens (primary N) is 1. The molecule has 2 rings (SSSR count). The molecular weight excluding hydrogens is 252 g/mol. The maximum absolute atomic E-state index is 6.00. The highest BCUT2D eigenvalue weighted by atomic mass is 16.5. The van der Waals surface area contributed by atoms with Gasteiger partial charge in [0.15, 0.2) is 0 Å². The zero-order valence-electron chi connectivity index (χ0n) is 12.8. The molecule has 0 spiro atoms. The lowest BCUT2D eigenvalue weighted by Crippen LogP contribution is -2.41. The molecule has 1 aromatic rings. The highest BCUT2D eigenvalue weighted by molar-refractivity contribution is 5.11. The third-order valence-electron chi connectivity index (χ3n) is 4.03. The van der Waals surface area contributed by atoms with E-state index >= 15 is 0 Å². The number of piperidine rings is 1. The van der Waals surface area contributed by atoms with Gasteiger partial charge in [-0.3, -0.25) is 9.58 Å². The van der Waals surface area contributed by atoms with Gasteiger partial charge in [0, 0.05) is 44.5 Å². The van der Waals surface area contributed by atoms with E-state index in [-0.39, 0.29) is 0 Å². The van der Waals surface area contributed by atoms with Gasteiger partial charge in [0.2, 0.25) is 0 Å². The molecule has 1 saturated heterocycles. The molecular formula is C15H28N4O. The molecule has 1 unspecified atom stereocenters. The van der Waals surface area contributed by atoms with Gasteiger partial charge in [0.25, 0.3) is 0 Å². The smallest absolute Gasteiger partial charge is 0.0599 e. The predicted octanol–water partition coefficient (Wildman–Crippen LogP) is 1.79. The van der Waals surface area contributed by atoms with E-state index in [1.807, 2.05) is 10.9 Å². The number of hydrogen-bond acceptors (Lipinski definition) is 4. The van der Waals surface area contributed by atoms with Gasteiger partial charge in [-0.05, 0) is 26.2 Å². The van der Waals surface area contributed by atoms with E-state index in [0.29, 0.717) is 18.7 Å². The van der Waals surface area contributed by atoms with Crippen LogP contribution < -0.4 is 5.73 Å². The lowest BCUT2D eigenvalue weighted by Gasteiger charge is -2.36. The molecule has 1 fully saturated rings. The molecule has 114 valence electrons. The predicted molar refractivity (Wildman–Crippen MR) is 80.5 cm³/mol. The lowest BCUT2D eigenvalue weighted by atomic mass is 10.0. The number of nitrogens with zero attached hydrogens (tertiary/aromatic N) is 3. The highest BCUT2D eigenvalue weighted by Crippen LogP contribution is 2.24. The Balaban J connectivity index is 1.94. The van der Waals surface area contributed by atoms with Crippen LogP contribution in [-0.4, -0.2) is 47.0 Å². The Morgan fingerprint density at radius 3 is 2.75 bits per heavy atom. The van der Waals surface area contributed by atoms with E-state index in [9.17, 15) is 0 Å². The first-order valence-corrected chi connectivity index (χ1v) is 7.86. The molecule has 0 aliphatic carbocycles. The molecule has 1 aromatic heterocycles. The molecule has 2 heterocycles. The van der Waals surface area contributed by atoms with Gasteiger partial charge in [0.1, 0.15) is 0 Å². The van der Waals surface area contributed by atoms with Crippen LogP contribution in [0, 0.1) is 0 Å². The number of hydrogen-bond donors (Lipinski definition) is 1. The summed E-state index contributed by atoms with van der Waals surface area (Å²) in [6, 6.07) is 0.295. The van der Waals surface area contributed by atoms with Gasteiger partial charge in [-0.25, -0.2) is 0 Å². The van der Waals surface area contributed by atoms with Crippen LogP contribution in [0.3, 0.4) is 0 Å². The van der Waals surface area contributed by atoms with Gasteiger partial charge in [-0.2, -0.15) is 5.10 Å². The Labute approximate surface area is 122 Å². The molecule has 0 saturated carbocycles. The zero-order valence-corrected chi connectivity index (χ0v) is 12.8. The van der Waals surface area contributed by atoms with Crippen molar-refractivity contribution in [2.75, 3.05) is 26.2 Å². The van der Waals surface area contributed by atoms with Crippen molar-refractivity contribution in [3.05, 3.63) is 18.0 Å². The molecule has 5 nitrogen and oxygen atoms in total. The summed E-state index contributed by atoms with van der Waals surface area (Å²) >= 11 is 0. The van der Waals surface area contributed by atoms with Crippen molar-refractivity contribution in [3.63, 3.8) is 0 Å². The Kier molecular flexibility index (Phi) is 6.01. The summed E-state index contributed by atoms with van der Waals surface area (Å²) in [6.45, 7) is 8.80. The summed E-state index contributed by atoms with van der Waals surface area (Å²) in [7, 11) is 0. The molecule has 0 bridgehead atoms. The minimum atomic E-state index is 0.295. The first-order chi connectivity index (χ1) is 9.78. The maximum atomic E-state index is 6.00. The molecule has 1 aliphatic rings. The fourth-order valence-corrected chi connectivity index (χ4v) is 2.99. The van der Waals surface area contributed by atoms with Crippen molar-refractivity contribution in [1.82, 2.24) is 14.7 Å². The Bertz CT molecular complexity index is 385. The average molecular weight is 280 g/mol. The summed E-state index contributed by atoms with van der Waals surface area (Å²) in [5.74, 6) is 0. The number of ether oxygens (including phenoxy) is 1. The Hall–Kier alpha value is -0.910. The monoisotopic (exact) mass is 280 g/mol. The van der Waals surface area contributed by atoms with Gasteiger partial charge in [-0.15, -0.1) is 0 Å². The summed E-state index contributed by atoms with van der Waals surface area (Å²) in [5, 5.41) is 4.42. The number of aromatic nitrogens is 2. The van der Waals surface area contributed by atoms with Crippen molar-refractivity contribution in [3.8, 4) is 0 Å². The molecule has 5 heteroatoms. The minimum absolute atomic E-state index is 0.295. The fourth-order valence-electron chi connectivity index (χ4n) is 2.99. The van der Waals surface area contributed by atoms with Crippen LogP contribution >= 0.6 is 0 Å². The zero-order chi connectivity index (χ0) is 14.4. The molecule has 0 aromatic carbocycles. The van der Waals surface area contributed by atoms with E-state index in [2.05, 4.69) is 30.0 Å². The maximum Gasteiger partial charge on any atom is 0.0599 e. The number of likely N-dealkylation sites (tertiary alicyclic amines) is 1.